The van der Waals surface area contributed by atoms with Gasteiger partial charge in [0.2, 0.25) is 0 Å². The first-order chi connectivity index (χ1) is 8.38. The lowest BCUT2D eigenvalue weighted by molar-refractivity contribution is 0.0927. The van der Waals surface area contributed by atoms with Crippen LogP contribution in [0.4, 0.5) is 0 Å². The maximum absolute atomic E-state index is 8.67. The molecule has 1 rings (SSSR count). The Morgan fingerprint density at radius 2 is 2.06 bits per heavy atom. The third kappa shape index (κ3) is 5.50. The number of ether oxygens (including phenoxy) is 2. The van der Waals surface area contributed by atoms with Crippen molar-refractivity contribution >= 4 is 0 Å². The molecule has 0 aliphatic rings. The molecule has 0 aliphatic heterocycles. The molecule has 0 spiro atoms. The zero-order valence-electron chi connectivity index (χ0n) is 10.1. The normalized spacial score (nSPS) is 9.76. The summed E-state index contributed by atoms with van der Waals surface area (Å²) in [5.41, 5.74) is 1.96. The molecule has 0 radical (unpaired) electrons. The van der Waals surface area contributed by atoms with Crippen LogP contribution in [-0.4, -0.2) is 32.0 Å². The average molecular weight is 234 g/mol. The molecule has 3 heteroatoms. The van der Waals surface area contributed by atoms with Crippen LogP contribution >= 0.6 is 0 Å². The van der Waals surface area contributed by atoms with E-state index in [1.54, 1.807) is 7.11 Å². The van der Waals surface area contributed by atoms with Gasteiger partial charge in [0.05, 0.1) is 6.61 Å². The van der Waals surface area contributed by atoms with Crippen LogP contribution in [0.2, 0.25) is 0 Å². The zero-order valence-corrected chi connectivity index (χ0v) is 10.1. The van der Waals surface area contributed by atoms with E-state index in [1.165, 1.54) is 0 Å². The fraction of sp³-hybridized carbons (Fsp3) is 0.429. The van der Waals surface area contributed by atoms with Crippen LogP contribution in [-0.2, 0) is 16.1 Å². The van der Waals surface area contributed by atoms with Crippen molar-refractivity contribution in [2.24, 2.45) is 0 Å². The topological polar surface area (TPSA) is 38.7 Å². The summed E-state index contributed by atoms with van der Waals surface area (Å²) in [5.74, 6) is 5.56. The summed E-state index contributed by atoms with van der Waals surface area (Å²) in [7, 11) is 1.68. The summed E-state index contributed by atoms with van der Waals surface area (Å²) in [5, 5.41) is 8.67. The van der Waals surface area contributed by atoms with E-state index in [4.69, 9.17) is 14.6 Å². The molecule has 17 heavy (non-hydrogen) atoms. The highest BCUT2D eigenvalue weighted by atomic mass is 16.5. The van der Waals surface area contributed by atoms with Gasteiger partial charge in [-0.05, 0) is 18.1 Å². The SMILES string of the molecule is COCCCOCc1ccccc1C#CCO. The molecule has 0 saturated carbocycles. The predicted molar refractivity (Wildman–Crippen MR) is 66.6 cm³/mol. The minimum Gasteiger partial charge on any atom is -0.385 e. The first-order valence-corrected chi connectivity index (χ1v) is 5.62. The maximum atomic E-state index is 8.67. The molecular weight excluding hydrogens is 216 g/mol. The summed E-state index contributed by atoms with van der Waals surface area (Å²) in [4.78, 5) is 0. The lowest BCUT2D eigenvalue weighted by atomic mass is 10.1. The van der Waals surface area contributed by atoms with Gasteiger partial charge in [-0.2, -0.15) is 0 Å². The standard InChI is InChI=1S/C14H18O3/c1-16-10-5-11-17-12-14-7-3-2-6-13(14)8-4-9-15/h2-3,6-7,15H,5,9-12H2,1H3. The summed E-state index contributed by atoms with van der Waals surface area (Å²) in [6.45, 7) is 1.81. The van der Waals surface area contributed by atoms with Crippen molar-refractivity contribution in [3.8, 4) is 11.8 Å². The molecule has 0 amide bonds. The first-order valence-electron chi connectivity index (χ1n) is 5.62. The molecular formula is C14H18O3. The summed E-state index contributed by atoms with van der Waals surface area (Å²) in [6.07, 6.45) is 0.890. The van der Waals surface area contributed by atoms with Crippen molar-refractivity contribution in [2.75, 3.05) is 26.9 Å². The minimum atomic E-state index is -0.122. The molecule has 0 atom stereocenters. The Morgan fingerprint density at radius 1 is 1.24 bits per heavy atom. The molecule has 1 aromatic rings. The molecule has 0 saturated heterocycles. The highest BCUT2D eigenvalue weighted by Crippen LogP contribution is 2.08. The number of aliphatic hydroxyl groups excluding tert-OH is 1. The van der Waals surface area contributed by atoms with E-state index in [9.17, 15) is 0 Å². The Morgan fingerprint density at radius 3 is 2.82 bits per heavy atom. The Bertz CT molecular complexity index is 377. The van der Waals surface area contributed by atoms with Crippen molar-refractivity contribution in [3.63, 3.8) is 0 Å². The minimum absolute atomic E-state index is 0.122. The molecule has 0 aliphatic carbocycles. The Hall–Kier alpha value is -1.34. The Labute approximate surface area is 102 Å². The number of hydrogen-bond donors (Lipinski definition) is 1. The molecule has 0 fully saturated rings. The average Bonchev–Trinajstić information content (AvgIpc) is 2.37. The van der Waals surface area contributed by atoms with E-state index >= 15 is 0 Å². The van der Waals surface area contributed by atoms with Crippen LogP contribution in [0, 0.1) is 11.8 Å². The maximum Gasteiger partial charge on any atom is 0.104 e. The third-order valence-corrected chi connectivity index (χ3v) is 2.21. The quantitative estimate of drug-likeness (QED) is 0.600. The monoisotopic (exact) mass is 234 g/mol. The summed E-state index contributed by atoms with van der Waals surface area (Å²) >= 11 is 0. The third-order valence-electron chi connectivity index (χ3n) is 2.21. The number of methoxy groups -OCH3 is 1. The molecule has 92 valence electrons. The van der Waals surface area contributed by atoms with Gasteiger partial charge < -0.3 is 14.6 Å². The zero-order chi connectivity index (χ0) is 12.3. The van der Waals surface area contributed by atoms with Crippen molar-refractivity contribution < 1.29 is 14.6 Å². The molecule has 0 aromatic heterocycles. The second-order valence-electron chi connectivity index (χ2n) is 3.52. The lowest BCUT2D eigenvalue weighted by Crippen LogP contribution is -2.00. The van der Waals surface area contributed by atoms with Gasteiger partial charge in [-0.15, -0.1) is 0 Å². The molecule has 1 aromatic carbocycles. The van der Waals surface area contributed by atoms with Gasteiger partial charge in [0.25, 0.3) is 0 Å². The lowest BCUT2D eigenvalue weighted by Gasteiger charge is -2.06. The molecule has 0 heterocycles. The number of benzene rings is 1. The van der Waals surface area contributed by atoms with E-state index in [-0.39, 0.29) is 6.61 Å². The van der Waals surface area contributed by atoms with Crippen LogP contribution in [0.1, 0.15) is 17.5 Å². The largest absolute Gasteiger partial charge is 0.385 e. The molecule has 0 unspecified atom stereocenters. The molecule has 0 bridgehead atoms. The van der Waals surface area contributed by atoms with E-state index in [0.717, 1.165) is 17.5 Å². The van der Waals surface area contributed by atoms with Crippen LogP contribution in [0.3, 0.4) is 0 Å². The summed E-state index contributed by atoms with van der Waals surface area (Å²) < 4.78 is 10.5. The van der Waals surface area contributed by atoms with Gasteiger partial charge in [-0.3, -0.25) is 0 Å². The molecule has 3 nitrogen and oxygen atoms in total. The number of aliphatic hydroxyl groups is 1. The van der Waals surface area contributed by atoms with Crippen LogP contribution in [0.5, 0.6) is 0 Å². The van der Waals surface area contributed by atoms with E-state index in [1.807, 2.05) is 24.3 Å². The summed E-state index contributed by atoms with van der Waals surface area (Å²) in [6, 6.07) is 7.79. The Balaban J connectivity index is 2.46. The van der Waals surface area contributed by atoms with Crippen LogP contribution < -0.4 is 0 Å². The highest BCUT2D eigenvalue weighted by molar-refractivity contribution is 5.40. The Kier molecular flexibility index (Phi) is 7.08. The van der Waals surface area contributed by atoms with E-state index < -0.39 is 0 Å². The predicted octanol–water partition coefficient (Wildman–Crippen LogP) is 1.58. The van der Waals surface area contributed by atoms with E-state index in [0.29, 0.717) is 19.8 Å². The fourth-order valence-electron chi connectivity index (χ4n) is 1.39. The fourth-order valence-corrected chi connectivity index (χ4v) is 1.39. The van der Waals surface area contributed by atoms with Crippen molar-refractivity contribution in [3.05, 3.63) is 35.4 Å². The molecule has 1 N–H and O–H groups in total. The van der Waals surface area contributed by atoms with Gasteiger partial charge in [-0.25, -0.2) is 0 Å². The van der Waals surface area contributed by atoms with Crippen LogP contribution in [0.25, 0.3) is 0 Å². The van der Waals surface area contributed by atoms with E-state index in [2.05, 4.69) is 11.8 Å². The van der Waals surface area contributed by atoms with Crippen molar-refractivity contribution in [2.45, 2.75) is 13.0 Å². The highest BCUT2D eigenvalue weighted by Gasteiger charge is 1.98. The van der Waals surface area contributed by atoms with Crippen LogP contribution in [0.15, 0.2) is 24.3 Å². The second kappa shape index (κ2) is 8.77. The van der Waals surface area contributed by atoms with Gasteiger partial charge in [-0.1, -0.05) is 30.0 Å². The van der Waals surface area contributed by atoms with Gasteiger partial charge in [0, 0.05) is 25.9 Å². The smallest absolute Gasteiger partial charge is 0.104 e. The van der Waals surface area contributed by atoms with Crippen molar-refractivity contribution in [1.82, 2.24) is 0 Å². The number of hydrogen-bond acceptors (Lipinski definition) is 3. The van der Waals surface area contributed by atoms with Gasteiger partial charge >= 0.3 is 0 Å². The van der Waals surface area contributed by atoms with Gasteiger partial charge in [0.15, 0.2) is 0 Å². The van der Waals surface area contributed by atoms with Crippen molar-refractivity contribution in [1.29, 1.82) is 0 Å². The van der Waals surface area contributed by atoms with Gasteiger partial charge in [0.1, 0.15) is 6.61 Å². The second-order valence-corrected chi connectivity index (χ2v) is 3.52. The first kappa shape index (κ1) is 13.7. The number of rotatable bonds is 6.